The normalized spacial score (nSPS) is 15.1. The summed E-state index contributed by atoms with van der Waals surface area (Å²) in [7, 11) is -1.72. The summed E-state index contributed by atoms with van der Waals surface area (Å²) in [5.41, 5.74) is -2.73. The zero-order chi connectivity index (χ0) is 28.4. The fraction of sp³-hybridized carbons (Fsp3) is 0.217. The van der Waals surface area contributed by atoms with Crippen molar-refractivity contribution in [2.45, 2.75) is 31.9 Å². The van der Waals surface area contributed by atoms with E-state index >= 15 is 0 Å². The van der Waals surface area contributed by atoms with Crippen LogP contribution in [-0.4, -0.2) is 60.3 Å². The van der Waals surface area contributed by atoms with Gasteiger partial charge in [-0.05, 0) is 25.0 Å². The maximum absolute atomic E-state index is 14.7. The average Bonchev–Trinajstić information content (AvgIpc) is 2.89. The zero-order valence-electron chi connectivity index (χ0n) is 20.2. The number of aryl methyl sites for hydroxylation is 1. The molecule has 2 amide bonds. The lowest BCUT2D eigenvalue weighted by Gasteiger charge is -2.30. The maximum Gasteiger partial charge on any atom is 0.547 e. The molecular formula is C23H21BFN5O9. The van der Waals surface area contributed by atoms with Gasteiger partial charge in [0.2, 0.25) is 5.91 Å². The zero-order valence-corrected chi connectivity index (χ0v) is 20.2. The van der Waals surface area contributed by atoms with Gasteiger partial charge in [-0.15, -0.1) is 0 Å². The smallest absolute Gasteiger partial charge is 0.534 e. The monoisotopic (exact) mass is 541 g/mol. The van der Waals surface area contributed by atoms with Crippen LogP contribution in [0, 0.1) is 5.82 Å². The first-order chi connectivity index (χ1) is 18.5. The van der Waals surface area contributed by atoms with Crippen LogP contribution in [0.15, 0.2) is 52.4 Å². The average molecular weight is 541 g/mol. The molecule has 0 fully saturated rings. The standard InChI is InChI=1S/C23H21BFN5O9/c1-2-29-6-7-30(21(34)20(29)33)23(37)28-17(16-14(25)9-12(31)10-26-16)19(32)27-15-8-11-4-3-5-13(22(35)36)18(11)39-24(15)38/h3-7,9-10,15,17,31,38H,2,8H2,1H3,(H,27,32)(H,28,37)(H,35,36)/t15-,17?/m0/s1. The molecule has 16 heteroatoms. The SMILES string of the molecule is CCn1ccn(C(=O)NC(C(=O)N[C@H]2Cc3cccc(C(=O)O)c3OB2O)c2ncc(O)cc2F)c(=O)c1=O. The second-order valence-corrected chi connectivity index (χ2v) is 8.43. The number of para-hydroxylation sites is 1. The van der Waals surface area contributed by atoms with Crippen molar-refractivity contribution in [3.05, 3.63) is 86.2 Å². The van der Waals surface area contributed by atoms with E-state index < -0.39 is 65.4 Å². The van der Waals surface area contributed by atoms with Gasteiger partial charge in [0.05, 0.1) is 17.7 Å². The molecule has 2 aromatic heterocycles. The van der Waals surface area contributed by atoms with Crippen LogP contribution in [0.5, 0.6) is 11.5 Å². The molecule has 0 spiro atoms. The second-order valence-electron chi connectivity index (χ2n) is 8.43. The minimum absolute atomic E-state index is 0.0831. The molecule has 0 bridgehead atoms. The Kier molecular flexibility index (Phi) is 7.48. The Bertz CT molecular complexity index is 1590. The Balaban J connectivity index is 1.64. The largest absolute Gasteiger partial charge is 0.547 e. The summed E-state index contributed by atoms with van der Waals surface area (Å²) in [5, 5.41) is 33.9. The molecule has 202 valence electrons. The molecule has 14 nitrogen and oxygen atoms in total. The van der Waals surface area contributed by atoms with Crippen LogP contribution >= 0.6 is 0 Å². The molecule has 39 heavy (non-hydrogen) atoms. The summed E-state index contributed by atoms with van der Waals surface area (Å²) in [4.78, 5) is 65.9. The maximum atomic E-state index is 14.7. The van der Waals surface area contributed by atoms with Crippen LogP contribution in [0.1, 0.15) is 34.6 Å². The molecule has 1 aliphatic rings. The first kappa shape index (κ1) is 27.1. The molecule has 0 aliphatic carbocycles. The lowest BCUT2D eigenvalue weighted by atomic mass is 9.72. The number of carbonyl (C=O) groups is 3. The van der Waals surface area contributed by atoms with E-state index in [2.05, 4.69) is 15.6 Å². The quantitative estimate of drug-likeness (QED) is 0.198. The van der Waals surface area contributed by atoms with E-state index in [9.17, 15) is 43.6 Å². The number of halogens is 1. The van der Waals surface area contributed by atoms with Crippen LogP contribution in [0.4, 0.5) is 9.18 Å². The number of carboxylic acids is 1. The number of aromatic nitrogens is 3. The lowest BCUT2D eigenvalue weighted by molar-refractivity contribution is -0.123. The van der Waals surface area contributed by atoms with Gasteiger partial charge in [0, 0.05) is 25.0 Å². The molecule has 2 atom stereocenters. The predicted molar refractivity (Wildman–Crippen MR) is 131 cm³/mol. The van der Waals surface area contributed by atoms with Crippen molar-refractivity contribution in [3.8, 4) is 11.5 Å². The molecule has 1 aromatic carbocycles. The number of amides is 2. The third-order valence-electron chi connectivity index (χ3n) is 5.95. The van der Waals surface area contributed by atoms with Gasteiger partial charge in [0.15, 0.2) is 11.9 Å². The molecule has 3 heterocycles. The molecule has 4 rings (SSSR count). The van der Waals surface area contributed by atoms with E-state index in [0.717, 1.165) is 17.0 Å². The van der Waals surface area contributed by atoms with E-state index in [1.165, 1.54) is 24.4 Å². The Morgan fingerprint density at radius 1 is 1.26 bits per heavy atom. The highest BCUT2D eigenvalue weighted by Crippen LogP contribution is 2.30. The van der Waals surface area contributed by atoms with Gasteiger partial charge in [-0.25, -0.2) is 18.5 Å². The van der Waals surface area contributed by atoms with Crippen LogP contribution in [0.3, 0.4) is 0 Å². The Morgan fingerprint density at radius 3 is 2.67 bits per heavy atom. The van der Waals surface area contributed by atoms with Crippen LogP contribution in [0.2, 0.25) is 0 Å². The highest BCUT2D eigenvalue weighted by molar-refractivity contribution is 6.47. The van der Waals surface area contributed by atoms with Crippen molar-refractivity contribution >= 4 is 25.0 Å². The third-order valence-corrected chi connectivity index (χ3v) is 5.95. The minimum Gasteiger partial charge on any atom is -0.534 e. The number of aromatic carboxylic acids is 1. The van der Waals surface area contributed by atoms with Gasteiger partial charge in [0.25, 0.3) is 0 Å². The molecule has 0 saturated carbocycles. The lowest BCUT2D eigenvalue weighted by Crippen LogP contribution is -2.56. The number of rotatable bonds is 6. The van der Waals surface area contributed by atoms with Crippen molar-refractivity contribution in [1.29, 1.82) is 0 Å². The summed E-state index contributed by atoms with van der Waals surface area (Å²) in [6.45, 7) is 1.77. The second kappa shape index (κ2) is 10.8. The van der Waals surface area contributed by atoms with Crippen molar-refractivity contribution < 1.29 is 38.7 Å². The summed E-state index contributed by atoms with van der Waals surface area (Å²) < 4.78 is 21.5. The third kappa shape index (κ3) is 5.35. The van der Waals surface area contributed by atoms with E-state index in [1.54, 1.807) is 6.92 Å². The highest BCUT2D eigenvalue weighted by atomic mass is 19.1. The number of nitrogens with one attached hydrogen (secondary N) is 2. The van der Waals surface area contributed by atoms with Crippen molar-refractivity contribution in [2.75, 3.05) is 0 Å². The number of benzene rings is 1. The first-order valence-corrected chi connectivity index (χ1v) is 11.5. The first-order valence-electron chi connectivity index (χ1n) is 11.5. The van der Waals surface area contributed by atoms with Crippen molar-refractivity contribution in [1.82, 2.24) is 24.8 Å². The van der Waals surface area contributed by atoms with Crippen LogP contribution in [-0.2, 0) is 17.8 Å². The molecular weight excluding hydrogens is 520 g/mol. The molecule has 0 saturated heterocycles. The van der Waals surface area contributed by atoms with E-state index in [4.69, 9.17) is 4.65 Å². The van der Waals surface area contributed by atoms with E-state index in [0.29, 0.717) is 16.2 Å². The van der Waals surface area contributed by atoms with Gasteiger partial charge in [-0.1, -0.05) is 12.1 Å². The van der Waals surface area contributed by atoms with E-state index in [1.807, 2.05) is 0 Å². The Hall–Kier alpha value is -4.99. The number of carboxylic acid groups (broad SMARTS) is 1. The highest BCUT2D eigenvalue weighted by Gasteiger charge is 2.40. The topological polar surface area (TPSA) is 202 Å². The number of aromatic hydroxyl groups is 1. The summed E-state index contributed by atoms with van der Waals surface area (Å²) in [5.74, 6) is -5.39. The predicted octanol–water partition coefficient (Wildman–Crippen LogP) is -0.594. The number of hydrogen-bond donors (Lipinski definition) is 5. The van der Waals surface area contributed by atoms with Gasteiger partial charge in [-0.2, -0.15) is 0 Å². The number of carbonyl (C=O) groups excluding carboxylic acids is 2. The van der Waals surface area contributed by atoms with Crippen molar-refractivity contribution in [3.63, 3.8) is 0 Å². The number of nitrogens with zero attached hydrogens (tertiary/aromatic N) is 3. The molecule has 0 radical (unpaired) electrons. The van der Waals surface area contributed by atoms with Gasteiger partial charge in [0.1, 0.15) is 17.2 Å². The van der Waals surface area contributed by atoms with E-state index in [-0.39, 0.29) is 24.3 Å². The fourth-order valence-corrected chi connectivity index (χ4v) is 4.00. The Labute approximate surface area is 218 Å². The van der Waals surface area contributed by atoms with Crippen molar-refractivity contribution in [2.24, 2.45) is 0 Å². The summed E-state index contributed by atoms with van der Waals surface area (Å²) in [6, 6.07) is 1.73. The molecule has 1 aliphatic heterocycles. The van der Waals surface area contributed by atoms with Crippen LogP contribution < -0.4 is 26.4 Å². The number of pyridine rings is 1. The molecule has 5 N–H and O–H groups in total. The molecule has 1 unspecified atom stereocenters. The number of fused-ring (bicyclic) bond motifs is 1. The fourth-order valence-electron chi connectivity index (χ4n) is 4.00. The summed E-state index contributed by atoms with van der Waals surface area (Å²) in [6.07, 6.45) is 2.90. The van der Waals surface area contributed by atoms with Gasteiger partial charge in [-0.3, -0.25) is 19.4 Å². The van der Waals surface area contributed by atoms with Gasteiger partial charge < -0.3 is 35.1 Å². The minimum atomic E-state index is -1.91. The number of hydrogen-bond acceptors (Lipinski definition) is 9. The van der Waals surface area contributed by atoms with Gasteiger partial charge >= 0.3 is 30.2 Å². The summed E-state index contributed by atoms with van der Waals surface area (Å²) >= 11 is 0. The Morgan fingerprint density at radius 2 is 2.00 bits per heavy atom. The van der Waals surface area contributed by atoms with Crippen LogP contribution in [0.25, 0.3) is 0 Å². The molecule has 3 aromatic rings.